The van der Waals surface area contributed by atoms with E-state index in [1.54, 1.807) is 0 Å². The van der Waals surface area contributed by atoms with Crippen molar-refractivity contribution >= 4 is 11.5 Å². The highest BCUT2D eigenvalue weighted by molar-refractivity contribution is 5.74. The molecular weight excluding hydrogens is 288 g/mol. The van der Waals surface area contributed by atoms with Gasteiger partial charge in [0.25, 0.3) is 0 Å². The number of esters is 1. The third kappa shape index (κ3) is 4.44. The zero-order valence-electron chi connectivity index (χ0n) is 13.9. The molecule has 0 heterocycles. The molecular formula is C20H26O3. The highest BCUT2D eigenvalue weighted by Gasteiger charge is 2.28. The predicted octanol–water partition coefficient (Wildman–Crippen LogP) is 4.51. The summed E-state index contributed by atoms with van der Waals surface area (Å²) >= 11 is 0. The van der Waals surface area contributed by atoms with E-state index in [1.807, 2.05) is 18.2 Å². The molecule has 124 valence electrons. The van der Waals surface area contributed by atoms with Crippen LogP contribution in [0.25, 0.3) is 5.57 Å². The van der Waals surface area contributed by atoms with E-state index in [-0.39, 0.29) is 18.2 Å². The van der Waals surface area contributed by atoms with E-state index in [1.165, 1.54) is 39.0 Å². The standard InChI is InChI=1S/C20H26O3/c1-15(21)22-20-13-12-18(23-17-10-6-3-7-11-17)14-19(20)16-8-4-2-5-9-16/h2,4-5,8-9,14,17-18,20H,3,6-7,10-13H2,1H3/t18-,20-/m1/s1. The molecule has 0 radical (unpaired) electrons. The summed E-state index contributed by atoms with van der Waals surface area (Å²) in [6.07, 6.45) is 10.6. The Bertz CT molecular complexity index is 543. The van der Waals surface area contributed by atoms with Crippen molar-refractivity contribution in [1.82, 2.24) is 0 Å². The Morgan fingerprint density at radius 1 is 1.00 bits per heavy atom. The molecule has 1 fully saturated rings. The molecule has 0 saturated heterocycles. The zero-order chi connectivity index (χ0) is 16.1. The van der Waals surface area contributed by atoms with E-state index in [0.717, 1.165) is 24.0 Å². The maximum absolute atomic E-state index is 11.4. The molecule has 1 saturated carbocycles. The van der Waals surface area contributed by atoms with Gasteiger partial charge in [0.15, 0.2) is 0 Å². The van der Waals surface area contributed by atoms with Crippen LogP contribution in [0.5, 0.6) is 0 Å². The lowest BCUT2D eigenvalue weighted by Crippen LogP contribution is -2.30. The molecule has 0 bridgehead atoms. The lowest BCUT2D eigenvalue weighted by Gasteiger charge is -2.32. The SMILES string of the molecule is CC(=O)O[C@@H]1CC[C@@H](OC2CCCCC2)C=C1c1ccccc1. The smallest absolute Gasteiger partial charge is 0.303 e. The van der Waals surface area contributed by atoms with Gasteiger partial charge in [0.05, 0.1) is 12.2 Å². The minimum absolute atomic E-state index is 0.139. The molecule has 0 aliphatic heterocycles. The molecule has 2 aliphatic carbocycles. The molecule has 1 aromatic rings. The third-order valence-electron chi connectivity index (χ3n) is 4.76. The molecule has 0 amide bonds. The van der Waals surface area contributed by atoms with Gasteiger partial charge in [-0.1, -0.05) is 49.6 Å². The Balaban J connectivity index is 1.76. The molecule has 3 rings (SSSR count). The fourth-order valence-corrected chi connectivity index (χ4v) is 3.65. The van der Waals surface area contributed by atoms with Crippen molar-refractivity contribution in [3.05, 3.63) is 42.0 Å². The van der Waals surface area contributed by atoms with Crippen LogP contribution in [0.3, 0.4) is 0 Å². The second-order valence-electron chi connectivity index (χ2n) is 6.60. The van der Waals surface area contributed by atoms with Crippen LogP contribution in [0, 0.1) is 0 Å². The molecule has 3 heteroatoms. The number of hydrogen-bond donors (Lipinski definition) is 0. The maximum atomic E-state index is 11.4. The Morgan fingerprint density at radius 2 is 1.74 bits per heavy atom. The first-order valence-electron chi connectivity index (χ1n) is 8.82. The third-order valence-corrected chi connectivity index (χ3v) is 4.76. The summed E-state index contributed by atoms with van der Waals surface area (Å²) in [6, 6.07) is 10.2. The van der Waals surface area contributed by atoms with Gasteiger partial charge >= 0.3 is 5.97 Å². The summed E-state index contributed by atoms with van der Waals surface area (Å²) in [7, 11) is 0. The van der Waals surface area contributed by atoms with E-state index in [9.17, 15) is 4.79 Å². The molecule has 1 aromatic carbocycles. The van der Waals surface area contributed by atoms with E-state index in [4.69, 9.17) is 9.47 Å². The summed E-state index contributed by atoms with van der Waals surface area (Å²) < 4.78 is 11.9. The number of carbonyl (C=O) groups is 1. The van der Waals surface area contributed by atoms with Gasteiger partial charge in [0, 0.05) is 6.92 Å². The Morgan fingerprint density at radius 3 is 2.43 bits per heavy atom. The summed E-state index contributed by atoms with van der Waals surface area (Å²) in [5.74, 6) is -0.219. The fraction of sp³-hybridized carbons (Fsp3) is 0.550. The second-order valence-corrected chi connectivity index (χ2v) is 6.60. The van der Waals surface area contributed by atoms with E-state index < -0.39 is 0 Å². The quantitative estimate of drug-likeness (QED) is 0.767. The Hall–Kier alpha value is -1.61. The van der Waals surface area contributed by atoms with Crippen LogP contribution < -0.4 is 0 Å². The van der Waals surface area contributed by atoms with Gasteiger partial charge in [0.2, 0.25) is 0 Å². The van der Waals surface area contributed by atoms with Crippen molar-refractivity contribution in [2.75, 3.05) is 0 Å². The van der Waals surface area contributed by atoms with Crippen molar-refractivity contribution in [3.8, 4) is 0 Å². The first-order valence-corrected chi connectivity index (χ1v) is 8.82. The van der Waals surface area contributed by atoms with Gasteiger partial charge in [-0.05, 0) is 42.9 Å². The van der Waals surface area contributed by atoms with Gasteiger partial charge in [0.1, 0.15) is 6.10 Å². The molecule has 2 aliphatic rings. The molecule has 0 unspecified atom stereocenters. The van der Waals surface area contributed by atoms with Crippen LogP contribution in [0.2, 0.25) is 0 Å². The monoisotopic (exact) mass is 314 g/mol. The minimum atomic E-state index is -0.219. The minimum Gasteiger partial charge on any atom is -0.458 e. The van der Waals surface area contributed by atoms with E-state index in [0.29, 0.717) is 6.10 Å². The van der Waals surface area contributed by atoms with Crippen LogP contribution in [-0.2, 0) is 14.3 Å². The van der Waals surface area contributed by atoms with Crippen LogP contribution in [0.1, 0.15) is 57.4 Å². The Kier molecular flexibility index (Phi) is 5.50. The van der Waals surface area contributed by atoms with E-state index >= 15 is 0 Å². The molecule has 3 nitrogen and oxygen atoms in total. The van der Waals surface area contributed by atoms with Crippen molar-refractivity contribution in [1.29, 1.82) is 0 Å². The molecule has 0 aromatic heterocycles. The molecule has 23 heavy (non-hydrogen) atoms. The van der Waals surface area contributed by atoms with Crippen LogP contribution in [0.4, 0.5) is 0 Å². The highest BCUT2D eigenvalue weighted by atomic mass is 16.5. The van der Waals surface area contributed by atoms with Crippen molar-refractivity contribution < 1.29 is 14.3 Å². The van der Waals surface area contributed by atoms with Crippen LogP contribution >= 0.6 is 0 Å². The lowest BCUT2D eigenvalue weighted by molar-refractivity contribution is -0.144. The number of ether oxygens (including phenoxy) is 2. The summed E-state index contributed by atoms with van der Waals surface area (Å²) in [4.78, 5) is 11.4. The first-order chi connectivity index (χ1) is 11.2. The summed E-state index contributed by atoms with van der Waals surface area (Å²) in [6.45, 7) is 1.48. The van der Waals surface area contributed by atoms with Gasteiger partial charge in [-0.25, -0.2) is 0 Å². The number of rotatable bonds is 4. The average Bonchev–Trinajstić information content (AvgIpc) is 2.57. The zero-order valence-corrected chi connectivity index (χ0v) is 13.9. The highest BCUT2D eigenvalue weighted by Crippen LogP contribution is 2.33. The first kappa shape index (κ1) is 16.3. The van der Waals surface area contributed by atoms with E-state index in [2.05, 4.69) is 18.2 Å². The lowest BCUT2D eigenvalue weighted by atomic mass is 9.89. The maximum Gasteiger partial charge on any atom is 0.303 e. The predicted molar refractivity (Wildman–Crippen MR) is 91.0 cm³/mol. The Labute approximate surface area is 138 Å². The van der Waals surface area contributed by atoms with Gasteiger partial charge in [-0.2, -0.15) is 0 Å². The normalized spacial score (nSPS) is 25.7. The van der Waals surface area contributed by atoms with Gasteiger partial charge in [-0.15, -0.1) is 0 Å². The topological polar surface area (TPSA) is 35.5 Å². The fourth-order valence-electron chi connectivity index (χ4n) is 3.65. The number of hydrogen-bond acceptors (Lipinski definition) is 3. The summed E-state index contributed by atoms with van der Waals surface area (Å²) in [5.41, 5.74) is 2.21. The molecule has 0 spiro atoms. The molecule has 2 atom stereocenters. The number of benzene rings is 1. The number of carbonyl (C=O) groups excluding carboxylic acids is 1. The van der Waals surface area contributed by atoms with Crippen molar-refractivity contribution in [2.45, 2.75) is 70.2 Å². The van der Waals surface area contributed by atoms with Gasteiger partial charge < -0.3 is 9.47 Å². The van der Waals surface area contributed by atoms with Crippen molar-refractivity contribution in [3.63, 3.8) is 0 Å². The summed E-state index contributed by atoms with van der Waals surface area (Å²) in [5, 5.41) is 0. The van der Waals surface area contributed by atoms with Crippen molar-refractivity contribution in [2.24, 2.45) is 0 Å². The van der Waals surface area contributed by atoms with Crippen LogP contribution in [-0.4, -0.2) is 24.3 Å². The largest absolute Gasteiger partial charge is 0.458 e. The molecule has 0 N–H and O–H groups in total. The van der Waals surface area contributed by atoms with Gasteiger partial charge in [-0.3, -0.25) is 4.79 Å². The average molecular weight is 314 g/mol. The van der Waals surface area contributed by atoms with Crippen LogP contribution in [0.15, 0.2) is 36.4 Å². The second kappa shape index (κ2) is 7.78.